The molecular weight excluding hydrogens is 306 g/mol. The van der Waals surface area contributed by atoms with Gasteiger partial charge in [-0.05, 0) is 18.9 Å². The molecule has 7 heteroatoms. The van der Waals surface area contributed by atoms with Gasteiger partial charge < -0.3 is 15.4 Å². The molecule has 1 heterocycles. The van der Waals surface area contributed by atoms with Crippen LogP contribution in [0.5, 0.6) is 0 Å². The van der Waals surface area contributed by atoms with E-state index in [-0.39, 0.29) is 29.1 Å². The van der Waals surface area contributed by atoms with Crippen molar-refractivity contribution in [3.05, 3.63) is 51.3 Å². The second-order valence-corrected chi connectivity index (χ2v) is 5.44. The standard InChI is InChI=1S/C16H14F2N2O3/c17-12-6-10-14(13(18)9(12)2-1-5-19)20(8-3-4-8)7-11(15(10)21)16(22)23/h1-2,6-8H,3-5,19H2,(H,22,23)/b2-1-. The second kappa shape index (κ2) is 5.58. The van der Waals surface area contributed by atoms with Gasteiger partial charge in [-0.2, -0.15) is 0 Å². The van der Waals surface area contributed by atoms with Crippen LogP contribution in [0.25, 0.3) is 17.0 Å². The molecule has 3 rings (SSSR count). The molecule has 1 aromatic heterocycles. The van der Waals surface area contributed by atoms with E-state index >= 15 is 0 Å². The van der Waals surface area contributed by atoms with E-state index < -0.39 is 28.6 Å². The first-order chi connectivity index (χ1) is 11.0. The second-order valence-electron chi connectivity index (χ2n) is 5.44. The summed E-state index contributed by atoms with van der Waals surface area (Å²) in [7, 11) is 0. The predicted octanol–water partition coefficient (Wildman–Crippen LogP) is 2.28. The summed E-state index contributed by atoms with van der Waals surface area (Å²) in [6.07, 6.45) is 5.27. The molecule has 0 bridgehead atoms. The van der Waals surface area contributed by atoms with E-state index in [1.54, 1.807) is 0 Å². The number of rotatable bonds is 4. The molecule has 0 radical (unpaired) electrons. The van der Waals surface area contributed by atoms with Crippen molar-refractivity contribution in [3.8, 4) is 0 Å². The quantitative estimate of drug-likeness (QED) is 0.905. The van der Waals surface area contributed by atoms with Crippen molar-refractivity contribution in [1.29, 1.82) is 0 Å². The van der Waals surface area contributed by atoms with Crippen LogP contribution in [0, 0.1) is 11.6 Å². The minimum atomic E-state index is -1.42. The fourth-order valence-electron chi connectivity index (χ4n) is 2.59. The highest BCUT2D eigenvalue weighted by Gasteiger charge is 2.29. The lowest BCUT2D eigenvalue weighted by Gasteiger charge is -2.14. The fourth-order valence-corrected chi connectivity index (χ4v) is 2.59. The molecule has 3 N–H and O–H groups in total. The molecule has 23 heavy (non-hydrogen) atoms. The third kappa shape index (κ3) is 2.53. The van der Waals surface area contributed by atoms with Gasteiger partial charge in [-0.3, -0.25) is 4.79 Å². The maximum Gasteiger partial charge on any atom is 0.341 e. The summed E-state index contributed by atoms with van der Waals surface area (Å²) in [6.45, 7) is 0.115. The van der Waals surface area contributed by atoms with Gasteiger partial charge in [0.05, 0.1) is 10.9 Å². The Kier molecular flexibility index (Phi) is 3.73. The lowest BCUT2D eigenvalue weighted by Crippen LogP contribution is -2.20. The summed E-state index contributed by atoms with van der Waals surface area (Å²) in [4.78, 5) is 23.4. The van der Waals surface area contributed by atoms with Crippen LogP contribution >= 0.6 is 0 Å². The maximum atomic E-state index is 14.8. The molecule has 0 spiro atoms. The summed E-state index contributed by atoms with van der Waals surface area (Å²) < 4.78 is 30.3. The number of halogens is 2. The zero-order valence-electron chi connectivity index (χ0n) is 12.1. The van der Waals surface area contributed by atoms with Gasteiger partial charge in [-0.1, -0.05) is 12.2 Å². The molecule has 0 aliphatic heterocycles. The first kappa shape index (κ1) is 15.4. The van der Waals surface area contributed by atoms with E-state index in [4.69, 9.17) is 10.8 Å². The van der Waals surface area contributed by atoms with Gasteiger partial charge in [0.15, 0.2) is 5.82 Å². The fraction of sp³-hybridized carbons (Fsp3) is 0.250. The number of aromatic carboxylic acids is 1. The smallest absolute Gasteiger partial charge is 0.341 e. The number of nitrogens with zero attached hydrogens (tertiary/aromatic N) is 1. The molecule has 1 fully saturated rings. The van der Waals surface area contributed by atoms with Crippen molar-refractivity contribution in [2.45, 2.75) is 18.9 Å². The van der Waals surface area contributed by atoms with Gasteiger partial charge in [0.1, 0.15) is 11.4 Å². The van der Waals surface area contributed by atoms with Gasteiger partial charge in [-0.15, -0.1) is 0 Å². The third-order valence-electron chi connectivity index (χ3n) is 3.83. The first-order valence-electron chi connectivity index (χ1n) is 7.12. The molecule has 120 valence electrons. The normalized spacial score (nSPS) is 14.7. The number of benzene rings is 1. The van der Waals surface area contributed by atoms with Crippen LogP contribution in [0.3, 0.4) is 0 Å². The Labute approximate surface area is 129 Å². The molecule has 0 saturated heterocycles. The van der Waals surface area contributed by atoms with Gasteiger partial charge in [0.25, 0.3) is 0 Å². The Balaban J connectivity index is 2.43. The van der Waals surface area contributed by atoms with Gasteiger partial charge in [-0.25, -0.2) is 13.6 Å². The van der Waals surface area contributed by atoms with Gasteiger partial charge >= 0.3 is 5.97 Å². The van der Waals surface area contributed by atoms with E-state index in [1.807, 2.05) is 0 Å². The van der Waals surface area contributed by atoms with Crippen molar-refractivity contribution >= 4 is 22.9 Å². The number of hydrogen-bond acceptors (Lipinski definition) is 3. The van der Waals surface area contributed by atoms with E-state index in [0.29, 0.717) is 0 Å². The third-order valence-corrected chi connectivity index (χ3v) is 3.83. The summed E-state index contributed by atoms with van der Waals surface area (Å²) in [6, 6.07) is 0.810. The molecule has 0 atom stereocenters. The Morgan fingerprint density at radius 3 is 2.70 bits per heavy atom. The Hall–Kier alpha value is -2.54. The molecule has 1 saturated carbocycles. The largest absolute Gasteiger partial charge is 0.477 e. The molecule has 2 aromatic rings. The highest BCUT2D eigenvalue weighted by atomic mass is 19.1. The van der Waals surface area contributed by atoms with Gasteiger partial charge in [0, 0.05) is 24.3 Å². The highest BCUT2D eigenvalue weighted by Crippen LogP contribution is 2.38. The summed E-state index contributed by atoms with van der Waals surface area (Å²) in [5, 5.41) is 8.87. The van der Waals surface area contributed by atoms with E-state index in [0.717, 1.165) is 25.1 Å². The number of fused-ring (bicyclic) bond motifs is 1. The minimum Gasteiger partial charge on any atom is -0.477 e. The minimum absolute atomic E-state index is 0.0689. The SMILES string of the molecule is NC/C=C\c1c(F)cc2c(=O)c(C(=O)O)cn(C3CC3)c2c1F. The van der Waals surface area contributed by atoms with E-state index in [1.165, 1.54) is 16.7 Å². The number of hydrogen-bond donors (Lipinski definition) is 2. The molecule has 0 unspecified atom stereocenters. The Morgan fingerprint density at radius 2 is 2.13 bits per heavy atom. The van der Waals surface area contributed by atoms with Crippen LogP contribution < -0.4 is 11.2 Å². The average Bonchev–Trinajstić information content (AvgIpc) is 3.32. The Morgan fingerprint density at radius 1 is 1.43 bits per heavy atom. The molecule has 0 amide bonds. The van der Waals surface area contributed by atoms with Gasteiger partial charge in [0.2, 0.25) is 5.43 Å². The average molecular weight is 320 g/mol. The Bertz CT molecular complexity index is 899. The lowest BCUT2D eigenvalue weighted by molar-refractivity contribution is 0.0695. The van der Waals surface area contributed by atoms with Crippen molar-refractivity contribution in [1.82, 2.24) is 4.57 Å². The maximum absolute atomic E-state index is 14.8. The molecule has 1 aliphatic rings. The molecular formula is C16H14F2N2O3. The monoisotopic (exact) mass is 320 g/mol. The predicted molar refractivity (Wildman–Crippen MR) is 81.4 cm³/mol. The van der Waals surface area contributed by atoms with Crippen LogP contribution in [-0.4, -0.2) is 22.2 Å². The number of aromatic nitrogens is 1. The van der Waals surface area contributed by atoms with Crippen LogP contribution in [0.15, 0.2) is 23.1 Å². The zero-order valence-corrected chi connectivity index (χ0v) is 12.1. The van der Waals surface area contributed by atoms with Crippen LogP contribution in [0.1, 0.15) is 34.8 Å². The van der Waals surface area contributed by atoms with Crippen LogP contribution in [0.4, 0.5) is 8.78 Å². The number of pyridine rings is 1. The van der Waals surface area contributed by atoms with Crippen LogP contribution in [-0.2, 0) is 0 Å². The van der Waals surface area contributed by atoms with Crippen LogP contribution in [0.2, 0.25) is 0 Å². The zero-order chi connectivity index (χ0) is 16.7. The lowest BCUT2D eigenvalue weighted by atomic mass is 10.1. The van der Waals surface area contributed by atoms with Crippen molar-refractivity contribution < 1.29 is 18.7 Å². The molecule has 1 aromatic carbocycles. The molecule has 1 aliphatic carbocycles. The highest BCUT2D eigenvalue weighted by molar-refractivity contribution is 5.93. The van der Waals surface area contributed by atoms with Crippen molar-refractivity contribution in [2.75, 3.05) is 6.54 Å². The first-order valence-corrected chi connectivity index (χ1v) is 7.12. The topological polar surface area (TPSA) is 85.3 Å². The summed E-state index contributed by atoms with van der Waals surface area (Å²) >= 11 is 0. The van der Waals surface area contributed by atoms with Crippen molar-refractivity contribution in [2.24, 2.45) is 5.73 Å². The number of carbonyl (C=O) groups is 1. The van der Waals surface area contributed by atoms with E-state index in [9.17, 15) is 18.4 Å². The van der Waals surface area contributed by atoms with E-state index in [2.05, 4.69) is 0 Å². The number of nitrogens with two attached hydrogens (primary N) is 1. The molecule has 5 nitrogen and oxygen atoms in total. The van der Waals surface area contributed by atoms with Crippen molar-refractivity contribution in [3.63, 3.8) is 0 Å². The number of carboxylic acid groups (broad SMARTS) is 1. The summed E-state index contributed by atoms with van der Waals surface area (Å²) in [5.41, 5.74) is 3.56. The number of carboxylic acids is 1. The summed E-state index contributed by atoms with van der Waals surface area (Å²) in [5.74, 6) is -3.23.